The first kappa shape index (κ1) is 14.8. The van der Waals surface area contributed by atoms with Crippen LogP contribution >= 0.6 is 15.9 Å². The van der Waals surface area contributed by atoms with Gasteiger partial charge in [-0.3, -0.25) is 0 Å². The van der Waals surface area contributed by atoms with Gasteiger partial charge in [-0.25, -0.2) is 0 Å². The van der Waals surface area contributed by atoms with Gasteiger partial charge >= 0.3 is 0 Å². The van der Waals surface area contributed by atoms with E-state index in [-0.39, 0.29) is 6.61 Å². The zero-order valence-corrected chi connectivity index (χ0v) is 13.9. The van der Waals surface area contributed by atoms with Crippen LogP contribution in [-0.4, -0.2) is 10.2 Å². The number of hydrogen-bond donors (Lipinski definition) is 0. The van der Waals surface area contributed by atoms with Crippen molar-refractivity contribution in [3.05, 3.63) is 64.0 Å². The van der Waals surface area contributed by atoms with Crippen molar-refractivity contribution in [2.24, 2.45) is 0 Å². The van der Waals surface area contributed by atoms with Crippen LogP contribution in [0.2, 0.25) is 0 Å². The van der Waals surface area contributed by atoms with Crippen molar-refractivity contribution in [1.29, 1.82) is 0 Å². The fourth-order valence-corrected chi connectivity index (χ4v) is 2.46. The summed E-state index contributed by atoms with van der Waals surface area (Å²) in [5.74, 6) is 1.72. The van der Waals surface area contributed by atoms with E-state index >= 15 is 0 Å². The molecule has 1 aromatic heterocycles. The van der Waals surface area contributed by atoms with E-state index in [9.17, 15) is 0 Å². The molecular weight excluding hydrogens is 344 g/mol. The van der Waals surface area contributed by atoms with Crippen LogP contribution in [0.15, 0.2) is 51.4 Å². The lowest BCUT2D eigenvalue weighted by Gasteiger charge is -2.06. The summed E-state index contributed by atoms with van der Waals surface area (Å²) in [6, 6.07) is 13.7. The Hall–Kier alpha value is -2.14. The van der Waals surface area contributed by atoms with Gasteiger partial charge in [-0.05, 0) is 65.2 Å². The van der Waals surface area contributed by atoms with E-state index in [2.05, 4.69) is 40.0 Å². The molecule has 0 unspecified atom stereocenters. The molecule has 0 spiro atoms. The molecule has 0 fully saturated rings. The third-order valence-corrected chi connectivity index (χ3v) is 4.10. The largest absolute Gasteiger partial charge is 0.484 e. The van der Waals surface area contributed by atoms with E-state index in [1.165, 1.54) is 11.1 Å². The summed E-state index contributed by atoms with van der Waals surface area (Å²) in [4.78, 5) is 0. The van der Waals surface area contributed by atoms with E-state index in [0.717, 1.165) is 15.8 Å². The first-order valence-electron chi connectivity index (χ1n) is 6.91. The average molecular weight is 359 g/mol. The standard InChI is InChI=1S/C17H15BrN2O2/c1-11-7-8-13(9-12(11)2)21-10-16-19-20-17(22-16)14-5-3-4-6-15(14)18/h3-9H,10H2,1-2H3. The maximum Gasteiger partial charge on any atom is 0.254 e. The molecule has 2 aromatic carbocycles. The molecule has 5 heteroatoms. The Morgan fingerprint density at radius 1 is 1.05 bits per heavy atom. The van der Waals surface area contributed by atoms with Crippen LogP contribution in [-0.2, 0) is 6.61 Å². The highest BCUT2D eigenvalue weighted by Gasteiger charge is 2.11. The summed E-state index contributed by atoms with van der Waals surface area (Å²) < 4.78 is 12.3. The molecule has 0 bridgehead atoms. The number of aryl methyl sites for hydroxylation is 2. The summed E-state index contributed by atoms with van der Waals surface area (Å²) in [5, 5.41) is 8.09. The summed E-state index contributed by atoms with van der Waals surface area (Å²) in [6.45, 7) is 4.38. The van der Waals surface area contributed by atoms with Crippen molar-refractivity contribution in [3.63, 3.8) is 0 Å². The molecule has 3 rings (SSSR count). The predicted molar refractivity (Wildman–Crippen MR) is 87.7 cm³/mol. The molecule has 0 aliphatic carbocycles. The smallest absolute Gasteiger partial charge is 0.254 e. The zero-order valence-electron chi connectivity index (χ0n) is 12.3. The van der Waals surface area contributed by atoms with Crippen molar-refractivity contribution in [3.8, 4) is 17.2 Å². The zero-order chi connectivity index (χ0) is 15.5. The highest BCUT2D eigenvalue weighted by Crippen LogP contribution is 2.27. The highest BCUT2D eigenvalue weighted by atomic mass is 79.9. The maximum absolute atomic E-state index is 5.70. The Bertz CT molecular complexity index is 799. The van der Waals surface area contributed by atoms with Gasteiger partial charge in [-0.15, -0.1) is 10.2 Å². The lowest BCUT2D eigenvalue weighted by Crippen LogP contribution is -1.96. The molecule has 22 heavy (non-hydrogen) atoms. The lowest BCUT2D eigenvalue weighted by molar-refractivity contribution is 0.264. The van der Waals surface area contributed by atoms with Crippen LogP contribution < -0.4 is 4.74 Å². The number of rotatable bonds is 4. The molecule has 112 valence electrons. The fraction of sp³-hybridized carbons (Fsp3) is 0.176. The fourth-order valence-electron chi connectivity index (χ4n) is 2.00. The second-order valence-corrected chi connectivity index (χ2v) is 5.87. The van der Waals surface area contributed by atoms with Crippen LogP contribution in [0, 0.1) is 13.8 Å². The van der Waals surface area contributed by atoms with Gasteiger partial charge < -0.3 is 9.15 Å². The van der Waals surface area contributed by atoms with Gasteiger partial charge in [-0.2, -0.15) is 0 Å². The second kappa shape index (κ2) is 6.32. The molecule has 1 heterocycles. The maximum atomic E-state index is 5.70. The third kappa shape index (κ3) is 3.20. The molecule has 0 radical (unpaired) electrons. The van der Waals surface area contributed by atoms with Gasteiger partial charge in [0.25, 0.3) is 5.89 Å². The molecule has 0 atom stereocenters. The van der Waals surface area contributed by atoms with Gasteiger partial charge in [0.1, 0.15) is 5.75 Å². The Balaban J connectivity index is 1.72. The van der Waals surface area contributed by atoms with Gasteiger partial charge in [0.05, 0.1) is 5.56 Å². The number of nitrogens with zero attached hydrogens (tertiary/aromatic N) is 2. The normalized spacial score (nSPS) is 10.7. The first-order valence-corrected chi connectivity index (χ1v) is 7.70. The van der Waals surface area contributed by atoms with Gasteiger partial charge in [-0.1, -0.05) is 18.2 Å². The van der Waals surface area contributed by atoms with E-state index in [1.807, 2.05) is 42.5 Å². The van der Waals surface area contributed by atoms with Crippen molar-refractivity contribution in [1.82, 2.24) is 10.2 Å². The van der Waals surface area contributed by atoms with Crippen LogP contribution in [0.25, 0.3) is 11.5 Å². The minimum atomic E-state index is 0.250. The van der Waals surface area contributed by atoms with Crippen LogP contribution in [0.5, 0.6) is 5.75 Å². The molecule has 0 N–H and O–H groups in total. The molecule has 0 saturated heterocycles. The quantitative estimate of drug-likeness (QED) is 0.678. The Morgan fingerprint density at radius 2 is 1.86 bits per heavy atom. The van der Waals surface area contributed by atoms with Crippen LogP contribution in [0.4, 0.5) is 0 Å². The number of halogens is 1. The number of benzene rings is 2. The predicted octanol–water partition coefficient (Wildman–Crippen LogP) is 4.69. The Morgan fingerprint density at radius 3 is 2.64 bits per heavy atom. The minimum Gasteiger partial charge on any atom is -0.484 e. The van der Waals surface area contributed by atoms with E-state index < -0.39 is 0 Å². The molecule has 0 aliphatic rings. The lowest BCUT2D eigenvalue weighted by atomic mass is 10.1. The van der Waals surface area contributed by atoms with Crippen molar-refractivity contribution < 1.29 is 9.15 Å². The van der Waals surface area contributed by atoms with Gasteiger partial charge in [0.2, 0.25) is 5.89 Å². The van der Waals surface area contributed by atoms with Crippen LogP contribution in [0.1, 0.15) is 17.0 Å². The van der Waals surface area contributed by atoms with E-state index in [0.29, 0.717) is 11.8 Å². The molecule has 3 aromatic rings. The third-order valence-electron chi connectivity index (χ3n) is 3.41. The summed E-state index contributed by atoms with van der Waals surface area (Å²) in [6.07, 6.45) is 0. The van der Waals surface area contributed by atoms with E-state index in [4.69, 9.17) is 9.15 Å². The molecule has 0 amide bonds. The summed E-state index contributed by atoms with van der Waals surface area (Å²) >= 11 is 3.47. The summed E-state index contributed by atoms with van der Waals surface area (Å²) in [7, 11) is 0. The second-order valence-electron chi connectivity index (χ2n) is 5.02. The number of ether oxygens (including phenoxy) is 1. The minimum absolute atomic E-state index is 0.250. The van der Waals surface area contributed by atoms with Crippen molar-refractivity contribution in [2.75, 3.05) is 0 Å². The highest BCUT2D eigenvalue weighted by molar-refractivity contribution is 9.10. The molecule has 0 aliphatic heterocycles. The first-order chi connectivity index (χ1) is 10.6. The molecular formula is C17H15BrN2O2. The molecule has 4 nitrogen and oxygen atoms in total. The Labute approximate surface area is 137 Å². The Kier molecular flexibility index (Phi) is 4.24. The van der Waals surface area contributed by atoms with Crippen molar-refractivity contribution >= 4 is 15.9 Å². The summed E-state index contributed by atoms with van der Waals surface area (Å²) in [5.41, 5.74) is 3.30. The average Bonchev–Trinajstić information content (AvgIpc) is 2.98. The van der Waals surface area contributed by atoms with Crippen LogP contribution in [0.3, 0.4) is 0 Å². The van der Waals surface area contributed by atoms with E-state index in [1.54, 1.807) is 0 Å². The van der Waals surface area contributed by atoms with Gasteiger partial charge in [0.15, 0.2) is 6.61 Å². The van der Waals surface area contributed by atoms with Gasteiger partial charge in [0, 0.05) is 4.47 Å². The molecule has 0 saturated carbocycles. The number of aromatic nitrogens is 2. The van der Waals surface area contributed by atoms with Crippen molar-refractivity contribution in [2.45, 2.75) is 20.5 Å². The monoisotopic (exact) mass is 358 g/mol. The number of hydrogen-bond acceptors (Lipinski definition) is 4. The SMILES string of the molecule is Cc1ccc(OCc2nnc(-c3ccccc3Br)o2)cc1C. The topological polar surface area (TPSA) is 48.2 Å².